The van der Waals surface area contributed by atoms with Crippen molar-refractivity contribution in [3.63, 3.8) is 0 Å². The van der Waals surface area contributed by atoms with Crippen molar-refractivity contribution >= 4 is 33.1 Å². The first-order chi connectivity index (χ1) is 9.42. The third-order valence-corrected chi connectivity index (χ3v) is 3.63. The van der Waals surface area contributed by atoms with Gasteiger partial charge in [0, 0.05) is 36.1 Å². The van der Waals surface area contributed by atoms with E-state index < -0.39 is 0 Å². The van der Waals surface area contributed by atoms with Gasteiger partial charge in [0.05, 0.1) is 12.1 Å². The molecule has 3 nitrogen and oxygen atoms in total. The smallest absolute Gasteiger partial charge is 0.123 e. The summed E-state index contributed by atoms with van der Waals surface area (Å²) in [6.07, 6.45) is 0.748. The molecule has 1 aromatic rings. The zero-order valence-corrected chi connectivity index (χ0v) is 14.8. The van der Waals surface area contributed by atoms with Gasteiger partial charge in [-0.15, -0.1) is 0 Å². The van der Waals surface area contributed by atoms with E-state index in [0.29, 0.717) is 10.9 Å². The first-order valence-corrected chi connectivity index (χ1v) is 7.95. The lowest BCUT2D eigenvalue weighted by Gasteiger charge is -2.25. The maximum atomic E-state index is 5.62. The van der Waals surface area contributed by atoms with E-state index in [9.17, 15) is 0 Å². The summed E-state index contributed by atoms with van der Waals surface area (Å²) in [7, 11) is 1.70. The van der Waals surface area contributed by atoms with Gasteiger partial charge in [0.15, 0.2) is 0 Å². The zero-order valence-electron chi connectivity index (χ0n) is 12.4. The average Bonchev–Trinajstić information content (AvgIpc) is 2.35. The molecule has 0 unspecified atom stereocenters. The van der Waals surface area contributed by atoms with E-state index in [1.807, 2.05) is 12.1 Å². The quantitative estimate of drug-likeness (QED) is 0.720. The predicted molar refractivity (Wildman–Crippen MR) is 92.2 cm³/mol. The molecule has 0 amide bonds. The molecule has 0 aliphatic rings. The van der Waals surface area contributed by atoms with Crippen molar-refractivity contribution in [2.24, 2.45) is 11.7 Å². The Balaban J connectivity index is 2.81. The number of thiocarbonyl (C=S) groups is 1. The van der Waals surface area contributed by atoms with Gasteiger partial charge < -0.3 is 10.5 Å². The maximum absolute atomic E-state index is 5.62. The molecular weight excluding hydrogens is 336 g/mol. The van der Waals surface area contributed by atoms with Crippen LogP contribution in [-0.2, 0) is 6.54 Å². The predicted octanol–water partition coefficient (Wildman–Crippen LogP) is 3.59. The van der Waals surface area contributed by atoms with Crippen LogP contribution in [-0.4, -0.2) is 30.1 Å². The summed E-state index contributed by atoms with van der Waals surface area (Å²) in [5.74, 6) is 1.51. The van der Waals surface area contributed by atoms with E-state index in [1.54, 1.807) is 7.11 Å². The molecule has 0 heterocycles. The first kappa shape index (κ1) is 17.4. The molecule has 0 saturated carbocycles. The van der Waals surface area contributed by atoms with Gasteiger partial charge in [0.25, 0.3) is 0 Å². The molecule has 2 N–H and O–H groups in total. The molecule has 0 atom stereocenters. The number of nitrogens with two attached hydrogens (primary N) is 1. The highest BCUT2D eigenvalue weighted by molar-refractivity contribution is 9.10. The Morgan fingerprint density at radius 1 is 1.45 bits per heavy atom. The average molecular weight is 359 g/mol. The van der Waals surface area contributed by atoms with Gasteiger partial charge in [-0.2, -0.15) is 0 Å². The van der Waals surface area contributed by atoms with E-state index in [2.05, 4.69) is 40.7 Å². The number of hydrogen-bond acceptors (Lipinski definition) is 3. The summed E-state index contributed by atoms with van der Waals surface area (Å²) >= 11 is 8.49. The topological polar surface area (TPSA) is 38.5 Å². The van der Waals surface area contributed by atoms with E-state index in [-0.39, 0.29) is 0 Å². The molecule has 0 fully saturated rings. The largest absolute Gasteiger partial charge is 0.496 e. The Labute approximate surface area is 135 Å². The zero-order chi connectivity index (χ0) is 15.1. The number of benzene rings is 1. The van der Waals surface area contributed by atoms with Crippen molar-refractivity contribution in [1.29, 1.82) is 0 Å². The van der Waals surface area contributed by atoms with E-state index in [0.717, 1.165) is 36.3 Å². The minimum atomic E-state index is 0.569. The number of ether oxygens (including phenoxy) is 1. The molecule has 0 saturated heterocycles. The van der Waals surface area contributed by atoms with Crippen LogP contribution in [0.5, 0.6) is 5.75 Å². The number of nitrogens with zero attached hydrogens (tertiary/aromatic N) is 1. The fourth-order valence-corrected chi connectivity index (χ4v) is 2.63. The molecule has 112 valence electrons. The maximum Gasteiger partial charge on any atom is 0.123 e. The molecule has 0 aliphatic carbocycles. The second-order valence-electron chi connectivity index (χ2n) is 5.30. The minimum Gasteiger partial charge on any atom is -0.496 e. The fraction of sp³-hybridized carbons (Fsp3) is 0.533. The second-order valence-corrected chi connectivity index (χ2v) is 6.74. The summed E-state index contributed by atoms with van der Waals surface area (Å²) in [6, 6.07) is 6.08. The van der Waals surface area contributed by atoms with Crippen molar-refractivity contribution in [1.82, 2.24) is 4.90 Å². The van der Waals surface area contributed by atoms with Crippen molar-refractivity contribution in [2.75, 3.05) is 20.2 Å². The number of halogens is 1. The number of hydrogen-bond donors (Lipinski definition) is 1. The molecule has 1 rings (SSSR count). The molecule has 0 aromatic heterocycles. The third kappa shape index (κ3) is 6.20. The van der Waals surface area contributed by atoms with Crippen molar-refractivity contribution < 1.29 is 4.74 Å². The monoisotopic (exact) mass is 358 g/mol. The summed E-state index contributed by atoms with van der Waals surface area (Å²) in [5.41, 5.74) is 6.79. The van der Waals surface area contributed by atoms with Crippen LogP contribution >= 0.6 is 28.1 Å². The van der Waals surface area contributed by atoms with Crippen LogP contribution in [0.1, 0.15) is 25.8 Å². The lowest BCUT2D eigenvalue weighted by molar-refractivity contribution is 0.239. The summed E-state index contributed by atoms with van der Waals surface area (Å²) < 4.78 is 6.50. The van der Waals surface area contributed by atoms with Gasteiger partial charge in [-0.3, -0.25) is 4.90 Å². The highest BCUT2D eigenvalue weighted by atomic mass is 79.9. The molecule has 0 spiro atoms. The van der Waals surface area contributed by atoms with E-state index in [1.165, 1.54) is 5.56 Å². The summed E-state index contributed by atoms with van der Waals surface area (Å²) in [6.45, 7) is 7.16. The number of rotatable bonds is 8. The van der Waals surface area contributed by atoms with Crippen LogP contribution in [0.3, 0.4) is 0 Å². The Hall–Kier alpha value is -0.650. The molecule has 0 bridgehead atoms. The molecule has 20 heavy (non-hydrogen) atoms. The highest BCUT2D eigenvalue weighted by Gasteiger charge is 2.12. The van der Waals surface area contributed by atoms with Crippen molar-refractivity contribution in [2.45, 2.75) is 26.8 Å². The fourth-order valence-electron chi connectivity index (χ4n) is 2.13. The Kier molecular flexibility index (Phi) is 7.48. The van der Waals surface area contributed by atoms with Crippen molar-refractivity contribution in [3.05, 3.63) is 28.2 Å². The standard InChI is InChI=1S/C15H23BrN2OS/c1-11(2)9-18(7-6-15(17)20)10-12-8-13(16)4-5-14(12)19-3/h4-5,8,11H,6-7,9-10H2,1-3H3,(H2,17,20). The van der Waals surface area contributed by atoms with Crippen LogP contribution in [0.4, 0.5) is 0 Å². The molecule has 0 radical (unpaired) electrons. The second kappa shape index (κ2) is 8.60. The van der Waals surface area contributed by atoms with Crippen LogP contribution < -0.4 is 10.5 Å². The van der Waals surface area contributed by atoms with Crippen LogP contribution in [0.2, 0.25) is 0 Å². The van der Waals surface area contributed by atoms with Gasteiger partial charge in [-0.25, -0.2) is 0 Å². The van der Waals surface area contributed by atoms with Gasteiger partial charge >= 0.3 is 0 Å². The van der Waals surface area contributed by atoms with Gasteiger partial charge in [-0.05, 0) is 24.1 Å². The van der Waals surface area contributed by atoms with Crippen LogP contribution in [0, 0.1) is 5.92 Å². The minimum absolute atomic E-state index is 0.569. The first-order valence-electron chi connectivity index (χ1n) is 6.75. The van der Waals surface area contributed by atoms with Gasteiger partial charge in [-0.1, -0.05) is 42.0 Å². The van der Waals surface area contributed by atoms with E-state index in [4.69, 9.17) is 22.7 Å². The summed E-state index contributed by atoms with van der Waals surface area (Å²) in [5, 5.41) is 0. The Morgan fingerprint density at radius 3 is 2.70 bits per heavy atom. The van der Waals surface area contributed by atoms with Crippen molar-refractivity contribution in [3.8, 4) is 5.75 Å². The number of methoxy groups -OCH3 is 1. The van der Waals surface area contributed by atoms with Crippen LogP contribution in [0.15, 0.2) is 22.7 Å². The summed E-state index contributed by atoms with van der Waals surface area (Å²) in [4.78, 5) is 2.94. The molecular formula is C15H23BrN2OS. The molecule has 0 aliphatic heterocycles. The SMILES string of the molecule is COc1ccc(Br)cc1CN(CCC(N)=S)CC(C)C. The Morgan fingerprint density at radius 2 is 2.15 bits per heavy atom. The third-order valence-electron chi connectivity index (χ3n) is 2.93. The molecule has 5 heteroatoms. The van der Waals surface area contributed by atoms with E-state index >= 15 is 0 Å². The highest BCUT2D eigenvalue weighted by Crippen LogP contribution is 2.24. The van der Waals surface area contributed by atoms with Crippen LogP contribution in [0.25, 0.3) is 0 Å². The van der Waals surface area contributed by atoms with Gasteiger partial charge in [0.1, 0.15) is 5.75 Å². The Bertz CT molecular complexity index is 451. The lowest BCUT2D eigenvalue weighted by Crippen LogP contribution is -2.30. The normalized spacial score (nSPS) is 11.1. The lowest BCUT2D eigenvalue weighted by atomic mass is 10.1. The van der Waals surface area contributed by atoms with Gasteiger partial charge in [0.2, 0.25) is 0 Å². The molecule has 1 aromatic carbocycles.